The van der Waals surface area contributed by atoms with E-state index in [-0.39, 0.29) is 11.7 Å². The monoisotopic (exact) mass is 265 g/mol. The molecule has 0 fully saturated rings. The van der Waals surface area contributed by atoms with Crippen molar-refractivity contribution in [1.82, 2.24) is 10.3 Å². The Bertz CT molecular complexity index is 485. The van der Waals surface area contributed by atoms with E-state index in [1.807, 2.05) is 6.07 Å². The van der Waals surface area contributed by atoms with Gasteiger partial charge in [-0.2, -0.15) is 0 Å². The molecule has 1 amide bonds. The SMILES string of the molecule is CC(C)(CNCc1cccnc1/C(N)=N/O)C(N)=O. The lowest BCUT2D eigenvalue weighted by Crippen LogP contribution is -2.40. The average Bonchev–Trinajstić information content (AvgIpc) is 2.38. The highest BCUT2D eigenvalue weighted by Gasteiger charge is 2.24. The normalized spacial score (nSPS) is 12.4. The fraction of sp³-hybridized carbons (Fsp3) is 0.417. The quantitative estimate of drug-likeness (QED) is 0.245. The number of hydrogen-bond donors (Lipinski definition) is 4. The summed E-state index contributed by atoms with van der Waals surface area (Å²) >= 11 is 0. The molecule has 0 aliphatic heterocycles. The summed E-state index contributed by atoms with van der Waals surface area (Å²) in [6, 6.07) is 3.56. The Morgan fingerprint density at radius 1 is 1.53 bits per heavy atom. The van der Waals surface area contributed by atoms with Crippen molar-refractivity contribution in [2.45, 2.75) is 20.4 Å². The largest absolute Gasteiger partial charge is 0.409 e. The summed E-state index contributed by atoms with van der Waals surface area (Å²) in [6.45, 7) is 4.38. The van der Waals surface area contributed by atoms with E-state index in [0.29, 0.717) is 18.8 Å². The third-order valence-corrected chi connectivity index (χ3v) is 2.79. The maximum Gasteiger partial charge on any atom is 0.224 e. The van der Waals surface area contributed by atoms with Crippen LogP contribution >= 0.6 is 0 Å². The number of primary amides is 1. The molecule has 0 aromatic carbocycles. The van der Waals surface area contributed by atoms with Crippen molar-refractivity contribution in [3.05, 3.63) is 29.6 Å². The van der Waals surface area contributed by atoms with Crippen molar-refractivity contribution in [3.8, 4) is 0 Å². The molecule has 0 saturated carbocycles. The van der Waals surface area contributed by atoms with Gasteiger partial charge in [-0.25, -0.2) is 0 Å². The van der Waals surface area contributed by atoms with Gasteiger partial charge in [0.05, 0.1) is 5.41 Å². The topological polar surface area (TPSA) is 127 Å². The number of amides is 1. The Labute approximate surface area is 111 Å². The van der Waals surface area contributed by atoms with Gasteiger partial charge in [-0.1, -0.05) is 11.2 Å². The minimum Gasteiger partial charge on any atom is -0.409 e. The van der Waals surface area contributed by atoms with Crippen molar-refractivity contribution in [2.24, 2.45) is 22.0 Å². The lowest BCUT2D eigenvalue weighted by molar-refractivity contribution is -0.125. The number of carbonyl (C=O) groups is 1. The van der Waals surface area contributed by atoms with Crippen LogP contribution in [0.5, 0.6) is 0 Å². The first-order chi connectivity index (χ1) is 8.88. The van der Waals surface area contributed by atoms with Crippen molar-refractivity contribution in [1.29, 1.82) is 0 Å². The van der Waals surface area contributed by atoms with Gasteiger partial charge in [-0.3, -0.25) is 9.78 Å². The number of nitrogens with two attached hydrogens (primary N) is 2. The van der Waals surface area contributed by atoms with Crippen molar-refractivity contribution in [2.75, 3.05) is 6.54 Å². The lowest BCUT2D eigenvalue weighted by Gasteiger charge is -2.21. The van der Waals surface area contributed by atoms with E-state index >= 15 is 0 Å². The summed E-state index contributed by atoms with van der Waals surface area (Å²) in [6.07, 6.45) is 1.56. The van der Waals surface area contributed by atoms with Crippen molar-refractivity contribution < 1.29 is 10.0 Å². The van der Waals surface area contributed by atoms with Gasteiger partial charge in [0.1, 0.15) is 5.69 Å². The molecule has 104 valence electrons. The van der Waals surface area contributed by atoms with E-state index in [1.165, 1.54) is 0 Å². The Balaban J connectivity index is 2.72. The Kier molecular flexibility index (Phi) is 4.82. The molecule has 1 aromatic heterocycles. The molecule has 1 aromatic rings. The highest BCUT2D eigenvalue weighted by atomic mass is 16.4. The van der Waals surface area contributed by atoms with Gasteiger partial charge in [0.2, 0.25) is 5.91 Å². The number of amidine groups is 1. The van der Waals surface area contributed by atoms with E-state index in [9.17, 15) is 4.79 Å². The van der Waals surface area contributed by atoms with Crippen LogP contribution in [0, 0.1) is 5.41 Å². The van der Waals surface area contributed by atoms with E-state index in [1.54, 1.807) is 26.1 Å². The van der Waals surface area contributed by atoms with Gasteiger partial charge in [0, 0.05) is 19.3 Å². The van der Waals surface area contributed by atoms with E-state index in [4.69, 9.17) is 16.7 Å². The fourth-order valence-corrected chi connectivity index (χ4v) is 1.46. The maximum absolute atomic E-state index is 11.2. The van der Waals surface area contributed by atoms with Crippen molar-refractivity contribution >= 4 is 11.7 Å². The first kappa shape index (κ1) is 14.9. The molecular weight excluding hydrogens is 246 g/mol. The summed E-state index contributed by atoms with van der Waals surface area (Å²) < 4.78 is 0. The molecule has 0 saturated heterocycles. The molecule has 6 N–H and O–H groups in total. The second-order valence-corrected chi connectivity index (χ2v) is 4.85. The third-order valence-electron chi connectivity index (χ3n) is 2.79. The highest BCUT2D eigenvalue weighted by molar-refractivity contribution is 5.96. The molecule has 0 unspecified atom stereocenters. The molecule has 1 rings (SSSR count). The Morgan fingerprint density at radius 2 is 2.21 bits per heavy atom. The molecule has 7 heteroatoms. The number of hydrogen-bond acceptors (Lipinski definition) is 5. The zero-order valence-electron chi connectivity index (χ0n) is 11.1. The molecule has 0 aliphatic carbocycles. The van der Waals surface area contributed by atoms with Crippen LogP contribution in [0.25, 0.3) is 0 Å². The number of rotatable bonds is 6. The molecule has 0 aliphatic rings. The Morgan fingerprint density at radius 3 is 2.79 bits per heavy atom. The fourth-order valence-electron chi connectivity index (χ4n) is 1.46. The summed E-state index contributed by atoms with van der Waals surface area (Å²) in [5, 5.41) is 14.7. The van der Waals surface area contributed by atoms with Crippen LogP contribution in [-0.2, 0) is 11.3 Å². The summed E-state index contributed by atoms with van der Waals surface area (Å²) in [7, 11) is 0. The molecule has 0 atom stereocenters. The Hall–Kier alpha value is -2.15. The smallest absolute Gasteiger partial charge is 0.224 e. The predicted molar refractivity (Wildman–Crippen MR) is 71.4 cm³/mol. The van der Waals surface area contributed by atoms with Crippen LogP contribution in [0.3, 0.4) is 0 Å². The highest BCUT2D eigenvalue weighted by Crippen LogP contribution is 2.12. The standard InChI is InChI=1S/C12H19N5O2/c1-12(2,11(14)18)7-15-6-8-4-3-5-16-9(8)10(13)17-19/h3-5,15,19H,6-7H2,1-2H3,(H2,13,17)(H2,14,18). The molecular formula is C12H19N5O2. The maximum atomic E-state index is 11.2. The lowest BCUT2D eigenvalue weighted by atomic mass is 9.93. The first-order valence-corrected chi connectivity index (χ1v) is 5.81. The number of nitrogens with one attached hydrogen (secondary N) is 1. The number of nitrogens with zero attached hydrogens (tertiary/aromatic N) is 2. The minimum atomic E-state index is -0.640. The van der Waals surface area contributed by atoms with Crippen LogP contribution in [-0.4, -0.2) is 28.5 Å². The van der Waals surface area contributed by atoms with Crippen LogP contribution in [0.15, 0.2) is 23.5 Å². The molecule has 19 heavy (non-hydrogen) atoms. The van der Waals surface area contributed by atoms with Gasteiger partial charge in [-0.15, -0.1) is 0 Å². The predicted octanol–water partition coefficient (Wildman–Crippen LogP) is -0.223. The molecule has 7 nitrogen and oxygen atoms in total. The van der Waals surface area contributed by atoms with Crippen LogP contribution in [0.4, 0.5) is 0 Å². The van der Waals surface area contributed by atoms with E-state index < -0.39 is 5.41 Å². The number of pyridine rings is 1. The first-order valence-electron chi connectivity index (χ1n) is 5.81. The second kappa shape index (κ2) is 6.14. The minimum absolute atomic E-state index is 0.0495. The van der Waals surface area contributed by atoms with Crippen LogP contribution in [0.1, 0.15) is 25.1 Å². The second-order valence-electron chi connectivity index (χ2n) is 4.85. The van der Waals surface area contributed by atoms with Crippen LogP contribution in [0.2, 0.25) is 0 Å². The van der Waals surface area contributed by atoms with Crippen molar-refractivity contribution in [3.63, 3.8) is 0 Å². The van der Waals surface area contributed by atoms with Gasteiger partial charge in [0.15, 0.2) is 5.84 Å². The number of aromatic nitrogens is 1. The third kappa shape index (κ3) is 3.92. The molecule has 0 radical (unpaired) electrons. The van der Waals surface area contributed by atoms with E-state index in [2.05, 4.69) is 15.5 Å². The van der Waals surface area contributed by atoms with Gasteiger partial charge in [-0.05, 0) is 25.5 Å². The zero-order chi connectivity index (χ0) is 14.5. The van der Waals surface area contributed by atoms with Gasteiger partial charge < -0.3 is 22.0 Å². The number of carbonyl (C=O) groups excluding carboxylic acids is 1. The summed E-state index contributed by atoms with van der Waals surface area (Å²) in [4.78, 5) is 15.2. The van der Waals surface area contributed by atoms with Crippen LogP contribution < -0.4 is 16.8 Å². The molecule has 0 bridgehead atoms. The summed E-state index contributed by atoms with van der Waals surface area (Å²) in [5.41, 5.74) is 11.4. The zero-order valence-corrected chi connectivity index (χ0v) is 11.1. The van der Waals surface area contributed by atoms with Gasteiger partial charge in [0.25, 0.3) is 0 Å². The number of oxime groups is 1. The van der Waals surface area contributed by atoms with E-state index in [0.717, 1.165) is 5.56 Å². The average molecular weight is 265 g/mol. The van der Waals surface area contributed by atoms with Gasteiger partial charge >= 0.3 is 0 Å². The summed E-state index contributed by atoms with van der Waals surface area (Å²) in [5.74, 6) is -0.422. The molecule has 1 heterocycles. The molecule has 0 spiro atoms.